The lowest BCUT2D eigenvalue weighted by molar-refractivity contribution is -0.114. The molecule has 6 heteroatoms. The monoisotopic (exact) mass is 419 g/mol. The van der Waals surface area contributed by atoms with E-state index in [0.29, 0.717) is 17.9 Å². The number of nitrogens with one attached hydrogen (secondary N) is 3. The van der Waals surface area contributed by atoms with Gasteiger partial charge in [-0.25, -0.2) is 0 Å². The summed E-state index contributed by atoms with van der Waals surface area (Å²) < 4.78 is 5.29. The molecule has 0 unspecified atom stereocenters. The zero-order valence-electron chi connectivity index (χ0n) is 18.3. The van der Waals surface area contributed by atoms with Crippen molar-refractivity contribution in [2.45, 2.75) is 44.9 Å². The highest BCUT2D eigenvalue weighted by atomic mass is 16.5. The second-order valence-corrected chi connectivity index (χ2v) is 8.50. The Kier molecular flexibility index (Phi) is 5.72. The van der Waals surface area contributed by atoms with Crippen molar-refractivity contribution in [3.8, 4) is 5.75 Å². The first-order valence-electron chi connectivity index (χ1n) is 10.7. The largest absolute Gasteiger partial charge is 0.497 e. The molecule has 0 atom stereocenters. The number of H-pyrrole nitrogens is 1. The Morgan fingerprint density at radius 1 is 1.10 bits per heavy atom. The number of benzene rings is 2. The zero-order chi connectivity index (χ0) is 22.0. The highest BCUT2D eigenvalue weighted by molar-refractivity contribution is 6.12. The van der Waals surface area contributed by atoms with Crippen LogP contribution in [0.1, 0.15) is 54.2 Å². The van der Waals surface area contributed by atoms with Crippen molar-refractivity contribution in [1.82, 2.24) is 10.3 Å². The second-order valence-electron chi connectivity index (χ2n) is 8.50. The van der Waals surface area contributed by atoms with Crippen LogP contribution in [0.15, 0.2) is 42.5 Å². The molecule has 1 aliphatic carbocycles. The molecule has 1 heterocycles. The molecular formula is C25H29N3O3. The Hall–Kier alpha value is -3.28. The summed E-state index contributed by atoms with van der Waals surface area (Å²) in [5, 5.41) is 6.83. The van der Waals surface area contributed by atoms with Gasteiger partial charge in [0.05, 0.1) is 12.8 Å². The van der Waals surface area contributed by atoms with Crippen LogP contribution in [0.25, 0.3) is 10.9 Å². The van der Waals surface area contributed by atoms with E-state index in [1.54, 1.807) is 7.11 Å². The van der Waals surface area contributed by atoms with E-state index in [9.17, 15) is 9.59 Å². The maximum Gasteiger partial charge on any atom is 0.269 e. The first-order chi connectivity index (χ1) is 14.9. The zero-order valence-corrected chi connectivity index (χ0v) is 18.3. The predicted octanol–water partition coefficient (Wildman–Crippen LogP) is 4.69. The Balaban J connectivity index is 1.61. The van der Waals surface area contributed by atoms with Gasteiger partial charge in [-0.3, -0.25) is 9.59 Å². The SMILES string of the molecule is COc1ccc(C2(CNC(=O)c3[nH]c4ccc(C)cc4c3NC(C)=O)CCCC2)cc1. The number of aryl methyl sites for hydroxylation is 1. The molecule has 3 N–H and O–H groups in total. The Morgan fingerprint density at radius 3 is 2.45 bits per heavy atom. The number of rotatable bonds is 6. The van der Waals surface area contributed by atoms with Gasteiger partial charge in [-0.2, -0.15) is 0 Å². The number of hydrogen-bond donors (Lipinski definition) is 3. The molecule has 31 heavy (non-hydrogen) atoms. The summed E-state index contributed by atoms with van der Waals surface area (Å²) in [5.41, 5.74) is 3.95. The molecule has 2 aromatic carbocycles. The topological polar surface area (TPSA) is 83.2 Å². The molecule has 162 valence electrons. The van der Waals surface area contributed by atoms with Gasteiger partial charge >= 0.3 is 0 Å². The molecule has 0 spiro atoms. The van der Waals surface area contributed by atoms with E-state index in [4.69, 9.17) is 4.74 Å². The Morgan fingerprint density at radius 2 is 1.81 bits per heavy atom. The van der Waals surface area contributed by atoms with Gasteiger partial charge in [0.25, 0.3) is 5.91 Å². The molecule has 3 aromatic rings. The van der Waals surface area contributed by atoms with Crippen LogP contribution in [0.5, 0.6) is 5.75 Å². The van der Waals surface area contributed by atoms with E-state index < -0.39 is 0 Å². The summed E-state index contributed by atoms with van der Waals surface area (Å²) in [4.78, 5) is 28.2. The number of ether oxygens (including phenoxy) is 1. The minimum Gasteiger partial charge on any atom is -0.497 e. The number of anilines is 1. The van der Waals surface area contributed by atoms with Crippen LogP contribution in [-0.2, 0) is 10.2 Å². The van der Waals surface area contributed by atoms with E-state index in [1.165, 1.54) is 12.5 Å². The van der Waals surface area contributed by atoms with Gasteiger partial charge in [-0.05, 0) is 49.6 Å². The first-order valence-corrected chi connectivity index (χ1v) is 10.7. The molecule has 2 amide bonds. The van der Waals surface area contributed by atoms with Gasteiger partial charge in [-0.15, -0.1) is 0 Å². The van der Waals surface area contributed by atoms with Crippen molar-refractivity contribution in [2.75, 3.05) is 19.0 Å². The molecule has 6 nitrogen and oxygen atoms in total. The van der Waals surface area contributed by atoms with Crippen LogP contribution in [0, 0.1) is 6.92 Å². The predicted molar refractivity (Wildman–Crippen MR) is 123 cm³/mol. The van der Waals surface area contributed by atoms with Crippen LogP contribution < -0.4 is 15.4 Å². The molecule has 0 saturated heterocycles. The van der Waals surface area contributed by atoms with Crippen LogP contribution in [0.3, 0.4) is 0 Å². The van der Waals surface area contributed by atoms with Crippen molar-refractivity contribution >= 4 is 28.4 Å². The standard InChI is InChI=1S/C25H29N3O3/c1-16-6-11-21-20(14-16)22(27-17(2)29)23(28-21)24(30)26-15-25(12-4-5-13-25)18-7-9-19(31-3)10-8-18/h6-11,14,28H,4-5,12-13,15H2,1-3H3,(H,26,30)(H,27,29). The number of methoxy groups -OCH3 is 1. The van der Waals surface area contributed by atoms with Gasteiger partial charge in [0.1, 0.15) is 11.4 Å². The summed E-state index contributed by atoms with van der Waals surface area (Å²) in [5.74, 6) is 0.411. The van der Waals surface area contributed by atoms with Gasteiger partial charge in [0.2, 0.25) is 5.91 Å². The molecule has 0 aliphatic heterocycles. The lowest BCUT2D eigenvalue weighted by atomic mass is 9.78. The van der Waals surface area contributed by atoms with Crippen LogP contribution in [0.4, 0.5) is 5.69 Å². The molecule has 0 radical (unpaired) electrons. The summed E-state index contributed by atoms with van der Waals surface area (Å²) in [6, 6.07) is 14.1. The number of carbonyl (C=O) groups excluding carboxylic acids is 2. The molecule has 1 aromatic heterocycles. The summed E-state index contributed by atoms with van der Waals surface area (Å²) >= 11 is 0. The molecule has 4 rings (SSSR count). The fourth-order valence-electron chi connectivity index (χ4n) is 4.68. The van der Waals surface area contributed by atoms with E-state index in [-0.39, 0.29) is 17.2 Å². The first kappa shape index (κ1) is 21.0. The van der Waals surface area contributed by atoms with Gasteiger partial charge < -0.3 is 20.4 Å². The highest BCUT2D eigenvalue weighted by Crippen LogP contribution is 2.41. The third-order valence-electron chi connectivity index (χ3n) is 6.33. The lowest BCUT2D eigenvalue weighted by Gasteiger charge is -2.30. The van der Waals surface area contributed by atoms with Crippen molar-refractivity contribution in [2.24, 2.45) is 0 Å². The maximum atomic E-state index is 13.2. The van der Waals surface area contributed by atoms with Gasteiger partial charge in [0.15, 0.2) is 0 Å². The van der Waals surface area contributed by atoms with Crippen molar-refractivity contribution in [3.63, 3.8) is 0 Å². The second kappa shape index (κ2) is 8.46. The number of aromatic nitrogens is 1. The van der Waals surface area contributed by atoms with Crippen molar-refractivity contribution < 1.29 is 14.3 Å². The van der Waals surface area contributed by atoms with Gasteiger partial charge in [0, 0.05) is 29.8 Å². The van der Waals surface area contributed by atoms with Crippen LogP contribution in [-0.4, -0.2) is 30.5 Å². The summed E-state index contributed by atoms with van der Waals surface area (Å²) in [6.45, 7) is 3.99. The smallest absolute Gasteiger partial charge is 0.269 e. The minimum absolute atomic E-state index is 0.0846. The minimum atomic E-state index is -0.211. The molecule has 1 fully saturated rings. The third kappa shape index (κ3) is 4.15. The fourth-order valence-corrected chi connectivity index (χ4v) is 4.68. The van der Waals surface area contributed by atoms with Crippen LogP contribution >= 0.6 is 0 Å². The average Bonchev–Trinajstić information content (AvgIpc) is 3.38. The number of fused-ring (bicyclic) bond motifs is 1. The number of amides is 2. The quantitative estimate of drug-likeness (QED) is 0.542. The molecule has 1 saturated carbocycles. The Bertz CT molecular complexity index is 1110. The molecule has 0 bridgehead atoms. The number of carbonyl (C=O) groups is 2. The van der Waals surface area contributed by atoms with Crippen molar-refractivity contribution in [3.05, 3.63) is 59.3 Å². The summed E-state index contributed by atoms with van der Waals surface area (Å²) in [7, 11) is 1.66. The Labute approximate surface area is 182 Å². The average molecular weight is 420 g/mol. The van der Waals surface area contributed by atoms with E-state index in [1.807, 2.05) is 37.3 Å². The fraction of sp³-hybridized carbons (Fsp3) is 0.360. The van der Waals surface area contributed by atoms with Gasteiger partial charge in [-0.1, -0.05) is 36.6 Å². The third-order valence-corrected chi connectivity index (χ3v) is 6.33. The number of hydrogen-bond acceptors (Lipinski definition) is 3. The number of aromatic amines is 1. The lowest BCUT2D eigenvalue weighted by Crippen LogP contribution is -2.39. The molecule has 1 aliphatic rings. The normalized spacial score (nSPS) is 15.1. The maximum absolute atomic E-state index is 13.2. The van der Waals surface area contributed by atoms with Crippen molar-refractivity contribution in [1.29, 1.82) is 0 Å². The van der Waals surface area contributed by atoms with E-state index >= 15 is 0 Å². The summed E-state index contributed by atoms with van der Waals surface area (Å²) in [6.07, 6.45) is 4.35. The molecular weight excluding hydrogens is 390 g/mol. The van der Waals surface area contributed by atoms with E-state index in [0.717, 1.165) is 47.9 Å². The van der Waals surface area contributed by atoms with Crippen LogP contribution in [0.2, 0.25) is 0 Å². The highest BCUT2D eigenvalue weighted by Gasteiger charge is 2.36. The van der Waals surface area contributed by atoms with E-state index in [2.05, 4.69) is 27.8 Å².